The fraction of sp³-hybridized carbons (Fsp3) is 0.130. The van der Waals surface area contributed by atoms with Gasteiger partial charge in [-0.1, -0.05) is 198 Å². The number of anilines is 4. The maximum absolute atomic E-state index is 2.72. The predicted molar refractivity (Wildman–Crippen MR) is 236 cm³/mol. The molecule has 8 aromatic carbocycles. The quantitative estimate of drug-likeness (QED) is 0.146. The van der Waals surface area contributed by atoms with Crippen LogP contribution in [0.4, 0.5) is 22.7 Å². The fourth-order valence-corrected chi connectivity index (χ4v) is 9.02. The molecule has 8 aromatic rings. The highest BCUT2D eigenvalue weighted by molar-refractivity contribution is 5.99. The molecule has 0 atom stereocenters. The van der Waals surface area contributed by atoms with Gasteiger partial charge in [-0.3, -0.25) is 0 Å². The Morgan fingerprint density at radius 2 is 0.946 bits per heavy atom. The molecule has 0 aliphatic carbocycles. The molecule has 0 fully saturated rings. The van der Waals surface area contributed by atoms with Gasteiger partial charge in [0, 0.05) is 22.4 Å². The Hall–Kier alpha value is -6.38. The van der Waals surface area contributed by atoms with Gasteiger partial charge in [-0.25, -0.2) is 0 Å². The first-order valence-electron chi connectivity index (χ1n) is 19.9. The van der Waals surface area contributed by atoms with Gasteiger partial charge >= 0.3 is 0 Å². The van der Waals surface area contributed by atoms with Crippen LogP contribution in [0.2, 0.25) is 0 Å². The first-order valence-corrected chi connectivity index (χ1v) is 19.9. The molecule has 2 heteroatoms. The van der Waals surface area contributed by atoms with Crippen molar-refractivity contribution in [1.82, 2.24) is 0 Å². The number of hydrogen-bond acceptors (Lipinski definition) is 2. The first kappa shape index (κ1) is 35.3. The van der Waals surface area contributed by atoms with Gasteiger partial charge in [0.15, 0.2) is 0 Å². The van der Waals surface area contributed by atoms with Gasteiger partial charge in [0.05, 0.1) is 5.69 Å². The summed E-state index contributed by atoms with van der Waals surface area (Å²) in [6.07, 6.45) is 0. The van der Waals surface area contributed by atoms with Gasteiger partial charge < -0.3 is 9.80 Å². The van der Waals surface area contributed by atoms with E-state index in [0.717, 1.165) is 17.1 Å². The van der Waals surface area contributed by atoms with Crippen LogP contribution in [0.3, 0.4) is 0 Å². The summed E-state index contributed by atoms with van der Waals surface area (Å²) >= 11 is 0. The Labute approximate surface area is 332 Å². The minimum atomic E-state index is -0.638. The second kappa shape index (κ2) is 14.7. The van der Waals surface area contributed by atoms with E-state index < -0.39 is 5.54 Å². The van der Waals surface area contributed by atoms with Crippen molar-refractivity contribution in [3.8, 4) is 0 Å². The number of fused-ring (bicyclic) bond motifs is 2. The molecule has 0 spiro atoms. The molecule has 0 saturated heterocycles. The van der Waals surface area contributed by atoms with Crippen LogP contribution in [0, 0.1) is 6.04 Å². The maximum Gasteiger partial charge on any atom is 0.124 e. The highest BCUT2D eigenvalue weighted by Crippen LogP contribution is 2.59. The molecule has 0 aromatic heterocycles. The number of hydrogen-bond donors (Lipinski definition) is 0. The lowest BCUT2D eigenvalue weighted by atomic mass is 9.76. The lowest BCUT2D eigenvalue weighted by molar-refractivity contribution is 0.613. The van der Waals surface area contributed by atoms with Gasteiger partial charge in [-0.05, 0) is 86.5 Å². The van der Waals surface area contributed by atoms with Crippen LogP contribution in [-0.2, 0) is 5.54 Å². The summed E-state index contributed by atoms with van der Waals surface area (Å²) in [7, 11) is 0. The molecule has 0 amide bonds. The van der Waals surface area contributed by atoms with E-state index in [1.165, 1.54) is 61.4 Å². The molecular weight excluding hydrogens is 677 g/mol. The average Bonchev–Trinajstić information content (AvgIpc) is 3.56. The normalized spacial score (nSPS) is 13.7. The second-order valence-electron chi connectivity index (χ2n) is 15.5. The summed E-state index contributed by atoms with van der Waals surface area (Å²) in [5, 5.41) is 2.44. The standard InChI is InChI=1S/C54H47N2/c1-38(2)46-30-19-31-47(39(3)4)53(46)56-52(49-29-16-17-32-50(49)54(56,42-22-8-5-9-23-42)43-24-10-6-11-25-43)41-34-36-45(37-35-41)55(44-26-12-7-13-27-44)51-33-18-21-40-20-14-15-28-48(40)51/h5-39H,1-4H3. The van der Waals surface area contributed by atoms with Crippen LogP contribution < -0.4 is 9.80 Å². The molecule has 2 nitrogen and oxygen atoms in total. The van der Waals surface area contributed by atoms with E-state index in [2.05, 4.69) is 238 Å². The zero-order chi connectivity index (χ0) is 38.2. The van der Waals surface area contributed by atoms with Crippen molar-refractivity contribution in [3.63, 3.8) is 0 Å². The highest BCUT2D eigenvalue weighted by atomic mass is 15.3. The lowest BCUT2D eigenvalue weighted by Gasteiger charge is -2.46. The Bertz CT molecular complexity index is 2520. The molecule has 1 aliphatic heterocycles. The summed E-state index contributed by atoms with van der Waals surface area (Å²) < 4.78 is 0. The summed E-state index contributed by atoms with van der Waals surface area (Å²) in [4.78, 5) is 5.11. The summed E-state index contributed by atoms with van der Waals surface area (Å²) in [5.41, 5.74) is 12.9. The average molecular weight is 724 g/mol. The molecule has 1 heterocycles. The number of nitrogens with zero attached hydrogens (tertiary/aromatic N) is 2. The summed E-state index contributed by atoms with van der Waals surface area (Å²) in [6, 6.07) is 74.8. The van der Waals surface area contributed by atoms with Crippen LogP contribution in [0.5, 0.6) is 0 Å². The largest absolute Gasteiger partial charge is 0.336 e. The van der Waals surface area contributed by atoms with Crippen molar-refractivity contribution >= 4 is 33.5 Å². The highest BCUT2D eigenvalue weighted by Gasteiger charge is 2.54. The van der Waals surface area contributed by atoms with E-state index in [-0.39, 0.29) is 0 Å². The molecule has 0 N–H and O–H groups in total. The summed E-state index contributed by atoms with van der Waals surface area (Å²) in [6.45, 7) is 9.33. The van der Waals surface area contributed by atoms with Crippen molar-refractivity contribution < 1.29 is 0 Å². The molecule has 9 rings (SSSR count). The topological polar surface area (TPSA) is 6.48 Å². The molecule has 0 saturated carbocycles. The van der Waals surface area contributed by atoms with E-state index in [9.17, 15) is 0 Å². The minimum absolute atomic E-state index is 0.306. The van der Waals surface area contributed by atoms with E-state index in [1.807, 2.05) is 0 Å². The Morgan fingerprint density at radius 3 is 1.57 bits per heavy atom. The zero-order valence-corrected chi connectivity index (χ0v) is 32.6. The number of para-hydroxylation sites is 2. The van der Waals surface area contributed by atoms with E-state index in [0.29, 0.717) is 11.8 Å². The van der Waals surface area contributed by atoms with Crippen LogP contribution in [0.15, 0.2) is 200 Å². The molecule has 0 bridgehead atoms. The SMILES string of the molecule is CC(C)c1cccc(C(C)C)c1N1[C](c2ccc(N(c3ccccc3)c3cccc4ccccc34)cc2)c2ccccc2C1(c1ccccc1)c1ccccc1. The Balaban J connectivity index is 1.32. The zero-order valence-electron chi connectivity index (χ0n) is 32.6. The number of benzene rings is 8. The van der Waals surface area contributed by atoms with Crippen molar-refractivity contribution in [2.75, 3.05) is 9.80 Å². The minimum Gasteiger partial charge on any atom is -0.336 e. The van der Waals surface area contributed by atoms with Gasteiger partial charge in [0.25, 0.3) is 0 Å². The van der Waals surface area contributed by atoms with E-state index in [1.54, 1.807) is 0 Å². The van der Waals surface area contributed by atoms with Crippen molar-refractivity contribution in [1.29, 1.82) is 0 Å². The molecule has 273 valence electrons. The predicted octanol–water partition coefficient (Wildman–Crippen LogP) is 14.3. The van der Waals surface area contributed by atoms with Crippen molar-refractivity contribution in [2.24, 2.45) is 0 Å². The van der Waals surface area contributed by atoms with Gasteiger partial charge in [-0.2, -0.15) is 0 Å². The molecule has 0 unspecified atom stereocenters. The van der Waals surface area contributed by atoms with E-state index in [4.69, 9.17) is 0 Å². The van der Waals surface area contributed by atoms with Crippen LogP contribution in [0.1, 0.15) is 78.5 Å². The maximum atomic E-state index is 2.72. The van der Waals surface area contributed by atoms with Gasteiger partial charge in [0.2, 0.25) is 0 Å². The fourth-order valence-electron chi connectivity index (χ4n) is 9.02. The third-order valence-electron chi connectivity index (χ3n) is 11.5. The Kier molecular flexibility index (Phi) is 9.27. The third-order valence-corrected chi connectivity index (χ3v) is 11.5. The molecular formula is C54H47N2. The smallest absolute Gasteiger partial charge is 0.124 e. The second-order valence-corrected chi connectivity index (χ2v) is 15.5. The Morgan fingerprint density at radius 1 is 0.446 bits per heavy atom. The van der Waals surface area contributed by atoms with Crippen molar-refractivity contribution in [3.05, 3.63) is 245 Å². The molecule has 1 aliphatic rings. The monoisotopic (exact) mass is 723 g/mol. The summed E-state index contributed by atoms with van der Waals surface area (Å²) in [5.74, 6) is 0.612. The number of rotatable bonds is 9. The first-order chi connectivity index (χ1) is 27.5. The van der Waals surface area contributed by atoms with Gasteiger partial charge in [-0.15, -0.1) is 0 Å². The van der Waals surface area contributed by atoms with Gasteiger partial charge in [0.1, 0.15) is 11.6 Å². The van der Waals surface area contributed by atoms with Crippen LogP contribution in [0.25, 0.3) is 10.8 Å². The lowest BCUT2D eigenvalue weighted by Crippen LogP contribution is -2.46. The van der Waals surface area contributed by atoms with Crippen molar-refractivity contribution in [2.45, 2.75) is 45.1 Å². The van der Waals surface area contributed by atoms with E-state index >= 15 is 0 Å². The molecule has 56 heavy (non-hydrogen) atoms. The van der Waals surface area contributed by atoms with Crippen LogP contribution >= 0.6 is 0 Å². The van der Waals surface area contributed by atoms with Crippen LogP contribution in [-0.4, -0.2) is 0 Å². The third kappa shape index (κ3) is 5.80. The molecule has 1 radical (unpaired) electrons.